The highest BCUT2D eigenvalue weighted by Gasteiger charge is 2.47. The second kappa shape index (κ2) is 10.8. The maximum Gasteiger partial charge on any atom is 0.243 e. The zero-order valence-corrected chi connectivity index (χ0v) is 23.6. The Morgan fingerprint density at radius 1 is 0.872 bits per heavy atom. The first kappa shape index (κ1) is 26.7. The van der Waals surface area contributed by atoms with E-state index in [0.29, 0.717) is 37.1 Å². The van der Waals surface area contributed by atoms with Crippen LogP contribution < -0.4 is 4.74 Å². The maximum atomic E-state index is 13.7. The van der Waals surface area contributed by atoms with Crippen molar-refractivity contribution in [2.75, 3.05) is 12.3 Å². The van der Waals surface area contributed by atoms with Crippen LogP contribution in [0, 0.1) is 0 Å². The van der Waals surface area contributed by atoms with Crippen LogP contribution in [0.1, 0.15) is 51.4 Å². The third kappa shape index (κ3) is 5.31. The van der Waals surface area contributed by atoms with Crippen LogP contribution in [0.5, 0.6) is 5.75 Å². The summed E-state index contributed by atoms with van der Waals surface area (Å²) in [6, 6.07) is 16.3. The first-order valence-corrected chi connectivity index (χ1v) is 17.0. The molecule has 10 heteroatoms. The van der Waals surface area contributed by atoms with Crippen molar-refractivity contribution in [1.29, 1.82) is 0 Å². The number of aromatic nitrogens is 1. The number of piperidine rings is 1. The molecule has 1 aromatic heterocycles. The van der Waals surface area contributed by atoms with Gasteiger partial charge in [0.05, 0.1) is 10.6 Å². The van der Waals surface area contributed by atoms with Crippen molar-refractivity contribution >= 4 is 30.8 Å². The van der Waals surface area contributed by atoms with Crippen LogP contribution in [-0.2, 0) is 20.0 Å². The molecule has 0 saturated carbocycles. The Bertz CT molecular complexity index is 1510. The molecule has 2 bridgehead atoms. The number of pyridine rings is 1. The molecule has 0 amide bonds. The summed E-state index contributed by atoms with van der Waals surface area (Å²) < 4.78 is 63.8. The number of rotatable bonds is 9. The first-order valence-electron chi connectivity index (χ1n) is 13.9. The highest BCUT2D eigenvalue weighted by molar-refractivity contribution is 7.89. The summed E-state index contributed by atoms with van der Waals surface area (Å²) in [6.07, 6.45) is 9.04. The lowest BCUT2D eigenvalue weighted by atomic mass is 10.0. The smallest absolute Gasteiger partial charge is 0.243 e. The molecule has 0 N–H and O–H groups in total. The quantitative estimate of drug-likeness (QED) is 0.375. The first-order chi connectivity index (χ1) is 18.8. The number of ether oxygens (including phenoxy) is 1. The number of hydrogen-bond acceptors (Lipinski definition) is 6. The van der Waals surface area contributed by atoms with E-state index in [1.807, 2.05) is 42.5 Å². The molecule has 3 atom stereocenters. The minimum absolute atomic E-state index is 0.00247. The molecule has 3 aliphatic rings. The van der Waals surface area contributed by atoms with Crippen LogP contribution in [0.4, 0.5) is 0 Å². The number of hydrogen-bond donors (Lipinski definition) is 0. The molecule has 6 rings (SSSR count). The molecule has 3 saturated heterocycles. The Hall–Kier alpha value is -2.53. The zero-order chi connectivity index (χ0) is 27.0. The van der Waals surface area contributed by atoms with E-state index >= 15 is 0 Å². The monoisotopic (exact) mass is 569 g/mol. The van der Waals surface area contributed by atoms with Gasteiger partial charge in [0.15, 0.2) is 0 Å². The van der Waals surface area contributed by atoms with E-state index in [-0.39, 0.29) is 30.0 Å². The minimum atomic E-state index is -3.68. The molecule has 3 fully saturated rings. The van der Waals surface area contributed by atoms with Crippen molar-refractivity contribution in [1.82, 2.24) is 13.6 Å². The van der Waals surface area contributed by atoms with Crippen molar-refractivity contribution in [3.05, 3.63) is 67.0 Å². The zero-order valence-electron chi connectivity index (χ0n) is 21.9. The summed E-state index contributed by atoms with van der Waals surface area (Å²) in [5.74, 6) is 0.819. The average Bonchev–Trinajstić information content (AvgIpc) is 3.52. The summed E-state index contributed by atoms with van der Waals surface area (Å²) in [4.78, 5) is 4.35. The van der Waals surface area contributed by atoms with Gasteiger partial charge in [0, 0.05) is 55.3 Å². The summed E-state index contributed by atoms with van der Waals surface area (Å²) >= 11 is 0. The molecule has 2 aromatic carbocycles. The highest BCUT2D eigenvalue weighted by atomic mass is 32.2. The molecule has 4 heterocycles. The van der Waals surface area contributed by atoms with Crippen molar-refractivity contribution in [3.63, 3.8) is 0 Å². The molecule has 0 spiro atoms. The van der Waals surface area contributed by atoms with Gasteiger partial charge in [0.2, 0.25) is 20.0 Å². The number of sulfonamides is 2. The lowest BCUT2D eigenvalue weighted by Gasteiger charge is -2.38. The molecule has 0 radical (unpaired) electrons. The van der Waals surface area contributed by atoms with E-state index in [1.54, 1.807) is 33.1 Å². The van der Waals surface area contributed by atoms with Gasteiger partial charge in [-0.15, -0.1) is 0 Å². The summed E-state index contributed by atoms with van der Waals surface area (Å²) in [5, 5.41) is 1.62. The molecular formula is C29H35N3O5S2. The Morgan fingerprint density at radius 3 is 2.36 bits per heavy atom. The molecule has 3 aromatic rings. The average molecular weight is 570 g/mol. The second-order valence-electron chi connectivity index (χ2n) is 11.0. The number of nitrogens with zero attached hydrogens (tertiary/aromatic N) is 3. The van der Waals surface area contributed by atoms with Crippen molar-refractivity contribution in [2.24, 2.45) is 0 Å². The van der Waals surface area contributed by atoms with Gasteiger partial charge in [-0.2, -0.15) is 8.61 Å². The fourth-order valence-corrected chi connectivity index (χ4v) is 10.8. The van der Waals surface area contributed by atoms with Crippen molar-refractivity contribution < 1.29 is 21.6 Å². The molecule has 3 aliphatic heterocycles. The van der Waals surface area contributed by atoms with Gasteiger partial charge in [-0.1, -0.05) is 36.4 Å². The van der Waals surface area contributed by atoms with E-state index < -0.39 is 20.0 Å². The minimum Gasteiger partial charge on any atom is -0.490 e. The lowest BCUT2D eigenvalue weighted by molar-refractivity contribution is 0.0956. The molecule has 208 valence electrons. The molecule has 8 nitrogen and oxygen atoms in total. The Morgan fingerprint density at radius 2 is 1.59 bits per heavy atom. The third-order valence-corrected chi connectivity index (χ3v) is 12.5. The molecule has 0 aliphatic carbocycles. The number of fused-ring (bicyclic) bond motifs is 3. The Balaban J connectivity index is 1.09. The molecule has 39 heavy (non-hydrogen) atoms. The van der Waals surface area contributed by atoms with Crippen LogP contribution in [0.2, 0.25) is 0 Å². The van der Waals surface area contributed by atoms with Crippen LogP contribution in [0.15, 0.2) is 71.9 Å². The van der Waals surface area contributed by atoms with Gasteiger partial charge >= 0.3 is 0 Å². The van der Waals surface area contributed by atoms with Gasteiger partial charge in [-0.25, -0.2) is 16.8 Å². The maximum absolute atomic E-state index is 13.7. The summed E-state index contributed by atoms with van der Waals surface area (Å²) in [6.45, 7) is 0.470. The van der Waals surface area contributed by atoms with Crippen LogP contribution in [0.3, 0.4) is 0 Å². The van der Waals surface area contributed by atoms with Gasteiger partial charge in [0.1, 0.15) is 11.9 Å². The van der Waals surface area contributed by atoms with Gasteiger partial charge < -0.3 is 4.74 Å². The predicted octanol–water partition coefficient (Wildman–Crippen LogP) is 4.57. The van der Waals surface area contributed by atoms with Crippen molar-refractivity contribution in [2.45, 2.75) is 80.5 Å². The van der Waals surface area contributed by atoms with Gasteiger partial charge in [0.25, 0.3) is 0 Å². The topological polar surface area (TPSA) is 96.9 Å². The van der Waals surface area contributed by atoms with E-state index in [9.17, 15) is 16.8 Å². The van der Waals surface area contributed by atoms with Gasteiger partial charge in [-0.3, -0.25) is 4.98 Å². The molecular weight excluding hydrogens is 534 g/mol. The van der Waals surface area contributed by atoms with Crippen LogP contribution in [-0.4, -0.2) is 67.0 Å². The van der Waals surface area contributed by atoms with Gasteiger partial charge in [-0.05, 0) is 62.1 Å². The third-order valence-electron chi connectivity index (χ3n) is 8.50. The fourth-order valence-electron chi connectivity index (χ4n) is 6.81. The van der Waals surface area contributed by atoms with E-state index in [4.69, 9.17) is 4.74 Å². The standard InChI is InChI=1S/C29H35N3O5S2/c33-38(34,32-24-12-13-25(32)21-27(20-24)37-26-14-16-30-17-15-26)19-5-9-23-8-4-18-31(23)39(35,36)29-11-3-7-22-6-1-2-10-28(22)29/h1-3,6-7,10-11,14-17,23-25,27H,4-5,8-9,12-13,18-21H2/t23-,24?,25?,27?/m0/s1. The number of benzene rings is 2. The normalized spacial score (nSPS) is 26.3. The lowest BCUT2D eigenvalue weighted by Crippen LogP contribution is -2.50. The van der Waals surface area contributed by atoms with E-state index in [2.05, 4.69) is 4.98 Å². The van der Waals surface area contributed by atoms with Crippen LogP contribution >= 0.6 is 0 Å². The fraction of sp³-hybridized carbons (Fsp3) is 0.483. The SMILES string of the molecule is O=S(=O)(CCC[C@@H]1CCCN1S(=O)(=O)c1cccc2ccccc12)N1C2CCC1CC(Oc1ccncc1)C2. The summed E-state index contributed by atoms with van der Waals surface area (Å²) in [7, 11) is -7.13. The Labute approximate surface area is 231 Å². The van der Waals surface area contributed by atoms with Crippen molar-refractivity contribution in [3.8, 4) is 5.75 Å². The highest BCUT2D eigenvalue weighted by Crippen LogP contribution is 2.40. The molecule has 2 unspecified atom stereocenters. The largest absolute Gasteiger partial charge is 0.490 e. The second-order valence-corrected chi connectivity index (χ2v) is 14.8. The summed E-state index contributed by atoms with van der Waals surface area (Å²) in [5.41, 5.74) is 0. The van der Waals surface area contributed by atoms with Crippen LogP contribution in [0.25, 0.3) is 10.8 Å². The van der Waals surface area contributed by atoms with E-state index in [0.717, 1.165) is 42.2 Å². The Kier molecular flexibility index (Phi) is 7.39. The predicted molar refractivity (Wildman–Crippen MR) is 150 cm³/mol. The van der Waals surface area contributed by atoms with E-state index in [1.165, 1.54) is 0 Å².